The van der Waals surface area contributed by atoms with Crippen molar-refractivity contribution >= 4 is 5.91 Å². The molecule has 1 rings (SSSR count). The van der Waals surface area contributed by atoms with Gasteiger partial charge in [-0.05, 0) is 24.6 Å². The van der Waals surface area contributed by atoms with Crippen LogP contribution in [-0.2, 0) is 17.9 Å². The standard InChI is InChI=1S/C12H18N4O/c1-2-5-14-8-11-3-7-16(9-11)10-12(17)15-6-4-13/h3,7,9,14H,2,5-6,8,10H2,1H3,(H,15,17). The summed E-state index contributed by atoms with van der Waals surface area (Å²) in [6.07, 6.45) is 4.92. The number of amides is 1. The highest BCUT2D eigenvalue weighted by Crippen LogP contribution is 2.00. The van der Waals surface area contributed by atoms with Crippen LogP contribution in [0.3, 0.4) is 0 Å². The fourth-order valence-electron chi connectivity index (χ4n) is 1.46. The summed E-state index contributed by atoms with van der Waals surface area (Å²) < 4.78 is 1.82. The van der Waals surface area contributed by atoms with Gasteiger partial charge in [-0.15, -0.1) is 0 Å². The number of carbonyl (C=O) groups excluding carboxylic acids is 1. The van der Waals surface area contributed by atoms with Crippen molar-refractivity contribution in [2.45, 2.75) is 26.4 Å². The molecule has 0 bridgehead atoms. The summed E-state index contributed by atoms with van der Waals surface area (Å²) in [6, 6.07) is 3.86. The highest BCUT2D eigenvalue weighted by atomic mass is 16.1. The minimum atomic E-state index is -0.143. The Balaban J connectivity index is 2.35. The molecule has 0 atom stereocenters. The molecule has 0 aliphatic rings. The second-order valence-corrected chi connectivity index (χ2v) is 3.80. The van der Waals surface area contributed by atoms with Gasteiger partial charge in [0.15, 0.2) is 0 Å². The van der Waals surface area contributed by atoms with E-state index in [1.54, 1.807) is 0 Å². The molecule has 5 nitrogen and oxygen atoms in total. The van der Waals surface area contributed by atoms with Crippen LogP contribution in [0.4, 0.5) is 0 Å². The average molecular weight is 234 g/mol. The highest BCUT2D eigenvalue weighted by Gasteiger charge is 2.02. The van der Waals surface area contributed by atoms with Gasteiger partial charge >= 0.3 is 0 Å². The lowest BCUT2D eigenvalue weighted by molar-refractivity contribution is -0.121. The van der Waals surface area contributed by atoms with Gasteiger partial charge in [-0.2, -0.15) is 5.26 Å². The van der Waals surface area contributed by atoms with Crippen LogP contribution in [0.5, 0.6) is 0 Å². The van der Waals surface area contributed by atoms with Crippen LogP contribution in [0.25, 0.3) is 0 Å². The van der Waals surface area contributed by atoms with Crippen molar-refractivity contribution in [2.24, 2.45) is 0 Å². The van der Waals surface area contributed by atoms with E-state index in [0.717, 1.165) is 25.1 Å². The summed E-state index contributed by atoms with van der Waals surface area (Å²) in [4.78, 5) is 11.3. The Bertz CT molecular complexity index is 391. The molecular weight excluding hydrogens is 216 g/mol. The monoisotopic (exact) mass is 234 g/mol. The van der Waals surface area contributed by atoms with E-state index in [9.17, 15) is 4.79 Å². The Labute approximate surface area is 101 Å². The number of hydrogen-bond donors (Lipinski definition) is 2. The molecule has 1 aromatic rings. The Hall–Kier alpha value is -1.80. The number of aromatic nitrogens is 1. The normalized spacial score (nSPS) is 9.88. The minimum absolute atomic E-state index is 0.0605. The van der Waals surface area contributed by atoms with Crippen molar-refractivity contribution in [3.05, 3.63) is 24.0 Å². The molecule has 0 saturated heterocycles. The molecule has 1 heterocycles. The van der Waals surface area contributed by atoms with E-state index < -0.39 is 0 Å². The zero-order valence-electron chi connectivity index (χ0n) is 10.1. The predicted molar refractivity (Wildman–Crippen MR) is 65.1 cm³/mol. The van der Waals surface area contributed by atoms with E-state index >= 15 is 0 Å². The quantitative estimate of drug-likeness (QED) is 0.537. The van der Waals surface area contributed by atoms with Crippen LogP contribution in [0.2, 0.25) is 0 Å². The van der Waals surface area contributed by atoms with Gasteiger partial charge in [0.05, 0.1) is 6.07 Å². The Morgan fingerprint density at radius 3 is 3.12 bits per heavy atom. The Morgan fingerprint density at radius 2 is 2.41 bits per heavy atom. The topological polar surface area (TPSA) is 69.8 Å². The van der Waals surface area contributed by atoms with Crippen LogP contribution < -0.4 is 10.6 Å². The summed E-state index contributed by atoms with van der Waals surface area (Å²) in [5.41, 5.74) is 1.16. The van der Waals surface area contributed by atoms with E-state index in [0.29, 0.717) is 0 Å². The van der Waals surface area contributed by atoms with Gasteiger partial charge in [0.25, 0.3) is 0 Å². The van der Waals surface area contributed by atoms with Crippen LogP contribution in [0.15, 0.2) is 18.5 Å². The molecule has 5 heteroatoms. The number of nitriles is 1. The fourth-order valence-corrected chi connectivity index (χ4v) is 1.46. The molecule has 17 heavy (non-hydrogen) atoms. The maximum absolute atomic E-state index is 11.3. The summed E-state index contributed by atoms with van der Waals surface area (Å²) >= 11 is 0. The zero-order chi connectivity index (χ0) is 12.5. The summed E-state index contributed by atoms with van der Waals surface area (Å²) in [6.45, 7) is 4.26. The van der Waals surface area contributed by atoms with E-state index in [2.05, 4.69) is 17.6 Å². The van der Waals surface area contributed by atoms with Crippen molar-refractivity contribution in [1.29, 1.82) is 5.26 Å². The first-order valence-electron chi connectivity index (χ1n) is 5.75. The van der Waals surface area contributed by atoms with Crippen LogP contribution in [0.1, 0.15) is 18.9 Å². The fraction of sp³-hybridized carbons (Fsp3) is 0.500. The van der Waals surface area contributed by atoms with E-state index in [1.165, 1.54) is 0 Å². The van der Waals surface area contributed by atoms with Gasteiger partial charge < -0.3 is 15.2 Å². The van der Waals surface area contributed by atoms with Crippen molar-refractivity contribution in [3.63, 3.8) is 0 Å². The molecular formula is C12H18N4O. The maximum atomic E-state index is 11.3. The van der Waals surface area contributed by atoms with Gasteiger partial charge in [0, 0.05) is 18.9 Å². The molecule has 1 aromatic heterocycles. The molecule has 1 amide bonds. The summed E-state index contributed by atoms with van der Waals surface area (Å²) in [5.74, 6) is -0.143. The summed E-state index contributed by atoms with van der Waals surface area (Å²) in [7, 11) is 0. The first-order chi connectivity index (χ1) is 8.26. The lowest BCUT2D eigenvalue weighted by atomic mass is 10.3. The number of nitrogens with one attached hydrogen (secondary N) is 2. The number of hydrogen-bond acceptors (Lipinski definition) is 3. The SMILES string of the molecule is CCCNCc1ccn(CC(=O)NCC#N)c1. The Morgan fingerprint density at radius 1 is 1.59 bits per heavy atom. The lowest BCUT2D eigenvalue weighted by Gasteiger charge is -2.02. The van der Waals surface area contributed by atoms with Gasteiger partial charge in [0.1, 0.15) is 13.1 Å². The first kappa shape index (κ1) is 13.3. The molecule has 0 fully saturated rings. The van der Waals surface area contributed by atoms with E-state index in [1.807, 2.05) is 29.1 Å². The maximum Gasteiger partial charge on any atom is 0.240 e. The van der Waals surface area contributed by atoms with Crippen molar-refractivity contribution in [3.8, 4) is 6.07 Å². The molecule has 92 valence electrons. The molecule has 0 unspecified atom stereocenters. The second-order valence-electron chi connectivity index (χ2n) is 3.80. The lowest BCUT2D eigenvalue weighted by Crippen LogP contribution is -2.27. The van der Waals surface area contributed by atoms with Crippen LogP contribution in [-0.4, -0.2) is 23.6 Å². The molecule has 0 radical (unpaired) electrons. The van der Waals surface area contributed by atoms with Crippen molar-refractivity contribution < 1.29 is 4.79 Å². The average Bonchev–Trinajstić information content (AvgIpc) is 2.74. The molecule has 0 spiro atoms. The van der Waals surface area contributed by atoms with Gasteiger partial charge in [-0.3, -0.25) is 4.79 Å². The van der Waals surface area contributed by atoms with Gasteiger partial charge in [-0.25, -0.2) is 0 Å². The summed E-state index contributed by atoms with van der Waals surface area (Å²) in [5, 5.41) is 14.1. The smallest absolute Gasteiger partial charge is 0.240 e. The van der Waals surface area contributed by atoms with Crippen LogP contribution >= 0.6 is 0 Å². The highest BCUT2D eigenvalue weighted by molar-refractivity contribution is 5.75. The number of nitrogens with zero attached hydrogens (tertiary/aromatic N) is 2. The number of rotatable bonds is 7. The van der Waals surface area contributed by atoms with Gasteiger partial charge in [0.2, 0.25) is 5.91 Å². The third kappa shape index (κ3) is 5.18. The largest absolute Gasteiger partial charge is 0.345 e. The van der Waals surface area contributed by atoms with Crippen molar-refractivity contribution in [1.82, 2.24) is 15.2 Å². The molecule has 0 aromatic carbocycles. The number of carbonyl (C=O) groups is 1. The Kier molecular flexibility index (Phi) is 5.83. The zero-order valence-corrected chi connectivity index (χ0v) is 10.1. The molecule has 2 N–H and O–H groups in total. The minimum Gasteiger partial charge on any atom is -0.345 e. The second kappa shape index (κ2) is 7.47. The van der Waals surface area contributed by atoms with Crippen LogP contribution in [0, 0.1) is 11.3 Å². The third-order valence-corrected chi connectivity index (χ3v) is 2.26. The molecule has 0 saturated carbocycles. The molecule has 0 aliphatic heterocycles. The third-order valence-electron chi connectivity index (χ3n) is 2.26. The van der Waals surface area contributed by atoms with E-state index in [4.69, 9.17) is 5.26 Å². The van der Waals surface area contributed by atoms with Crippen molar-refractivity contribution in [2.75, 3.05) is 13.1 Å². The predicted octanol–water partition coefficient (Wildman–Crippen LogP) is 0.627. The first-order valence-corrected chi connectivity index (χ1v) is 5.75. The van der Waals surface area contributed by atoms with Gasteiger partial charge in [-0.1, -0.05) is 6.92 Å². The molecule has 0 aliphatic carbocycles. The van der Waals surface area contributed by atoms with E-state index in [-0.39, 0.29) is 19.0 Å².